The van der Waals surface area contributed by atoms with E-state index in [-0.39, 0.29) is 17.5 Å². The first-order chi connectivity index (χ1) is 10.1. The van der Waals surface area contributed by atoms with Crippen molar-refractivity contribution in [1.29, 1.82) is 0 Å². The van der Waals surface area contributed by atoms with Gasteiger partial charge in [0.25, 0.3) is 5.91 Å². The number of nitrogens with one attached hydrogen (secondary N) is 1. The number of carbonyl (C=O) groups excluding carboxylic acids is 1. The summed E-state index contributed by atoms with van der Waals surface area (Å²) in [5, 5.41) is 2.69. The van der Waals surface area contributed by atoms with Crippen LogP contribution in [-0.2, 0) is 0 Å². The number of nitrogens with zero attached hydrogens (tertiary/aromatic N) is 2. The second-order valence-electron chi connectivity index (χ2n) is 4.32. The molecule has 6 heteroatoms. The Labute approximate surface area is 123 Å². The zero-order valence-electron chi connectivity index (χ0n) is 12.1. The Hall–Kier alpha value is -2.63. The normalized spacial score (nSPS) is 10.2. The van der Waals surface area contributed by atoms with E-state index in [9.17, 15) is 4.79 Å². The maximum Gasteiger partial charge on any atom is 0.270 e. The van der Waals surface area contributed by atoms with Gasteiger partial charge in [-0.05, 0) is 32.0 Å². The number of nitrogens with two attached hydrogens (primary N) is 1. The first kappa shape index (κ1) is 14.8. The molecule has 1 heterocycles. The smallest absolute Gasteiger partial charge is 0.270 e. The Kier molecular flexibility index (Phi) is 4.71. The zero-order valence-corrected chi connectivity index (χ0v) is 12.1. The SMILES string of the molecule is CCNC(=O)c1cc(-c2cccc(OCC)c2)nc(N)n1. The minimum Gasteiger partial charge on any atom is -0.494 e. The molecule has 1 amide bonds. The lowest BCUT2D eigenvalue weighted by molar-refractivity contribution is 0.0951. The number of aromatic nitrogens is 2. The minimum absolute atomic E-state index is 0.0653. The van der Waals surface area contributed by atoms with Crippen molar-refractivity contribution in [2.75, 3.05) is 18.9 Å². The molecule has 6 nitrogen and oxygen atoms in total. The van der Waals surface area contributed by atoms with Crippen LogP contribution in [0, 0.1) is 0 Å². The van der Waals surface area contributed by atoms with Crippen LogP contribution in [-0.4, -0.2) is 29.0 Å². The van der Waals surface area contributed by atoms with Crippen molar-refractivity contribution in [3.63, 3.8) is 0 Å². The van der Waals surface area contributed by atoms with Crippen molar-refractivity contribution in [2.24, 2.45) is 0 Å². The van der Waals surface area contributed by atoms with E-state index in [1.165, 1.54) is 0 Å². The zero-order chi connectivity index (χ0) is 15.2. The molecule has 0 saturated heterocycles. The summed E-state index contributed by atoms with van der Waals surface area (Å²) < 4.78 is 5.46. The molecule has 110 valence electrons. The number of amides is 1. The van der Waals surface area contributed by atoms with E-state index < -0.39 is 0 Å². The maximum atomic E-state index is 11.9. The number of hydrogen-bond acceptors (Lipinski definition) is 5. The highest BCUT2D eigenvalue weighted by atomic mass is 16.5. The summed E-state index contributed by atoms with van der Waals surface area (Å²) in [4.78, 5) is 20.0. The van der Waals surface area contributed by atoms with Crippen LogP contribution in [0.3, 0.4) is 0 Å². The van der Waals surface area contributed by atoms with Gasteiger partial charge in [-0.3, -0.25) is 4.79 Å². The quantitative estimate of drug-likeness (QED) is 0.875. The number of nitrogen functional groups attached to an aromatic ring is 1. The molecule has 0 aliphatic heterocycles. The molecule has 0 aliphatic carbocycles. The number of rotatable bonds is 5. The molecule has 0 spiro atoms. The fourth-order valence-corrected chi connectivity index (χ4v) is 1.89. The van der Waals surface area contributed by atoms with E-state index >= 15 is 0 Å². The largest absolute Gasteiger partial charge is 0.494 e. The number of hydrogen-bond donors (Lipinski definition) is 2. The topological polar surface area (TPSA) is 90.1 Å². The number of ether oxygens (including phenoxy) is 1. The van der Waals surface area contributed by atoms with E-state index in [1.807, 2.05) is 38.1 Å². The molecule has 21 heavy (non-hydrogen) atoms. The van der Waals surface area contributed by atoms with Gasteiger partial charge < -0.3 is 15.8 Å². The van der Waals surface area contributed by atoms with Gasteiger partial charge in [0, 0.05) is 12.1 Å². The van der Waals surface area contributed by atoms with E-state index in [4.69, 9.17) is 10.5 Å². The highest BCUT2D eigenvalue weighted by molar-refractivity contribution is 5.93. The predicted molar refractivity (Wildman–Crippen MR) is 81.1 cm³/mol. The lowest BCUT2D eigenvalue weighted by Gasteiger charge is -2.08. The lowest BCUT2D eigenvalue weighted by atomic mass is 10.1. The fourth-order valence-electron chi connectivity index (χ4n) is 1.89. The molecule has 0 unspecified atom stereocenters. The average molecular weight is 286 g/mol. The van der Waals surface area contributed by atoms with Crippen molar-refractivity contribution in [3.8, 4) is 17.0 Å². The monoisotopic (exact) mass is 286 g/mol. The van der Waals surface area contributed by atoms with Gasteiger partial charge in [-0.2, -0.15) is 0 Å². The molecule has 3 N–H and O–H groups in total. The fraction of sp³-hybridized carbons (Fsp3) is 0.267. The highest BCUT2D eigenvalue weighted by Gasteiger charge is 2.11. The van der Waals surface area contributed by atoms with Crippen LogP contribution < -0.4 is 15.8 Å². The van der Waals surface area contributed by atoms with E-state index in [1.54, 1.807) is 6.07 Å². The molecule has 0 fully saturated rings. The highest BCUT2D eigenvalue weighted by Crippen LogP contribution is 2.23. The summed E-state index contributed by atoms with van der Waals surface area (Å²) in [6.45, 7) is 4.87. The molecule has 1 aromatic carbocycles. The van der Waals surface area contributed by atoms with Crippen molar-refractivity contribution >= 4 is 11.9 Å². The van der Waals surface area contributed by atoms with Crippen molar-refractivity contribution < 1.29 is 9.53 Å². The van der Waals surface area contributed by atoms with Crippen LogP contribution in [0.5, 0.6) is 5.75 Å². The summed E-state index contributed by atoms with van der Waals surface area (Å²) >= 11 is 0. The van der Waals surface area contributed by atoms with Crippen LogP contribution in [0.25, 0.3) is 11.3 Å². The van der Waals surface area contributed by atoms with Gasteiger partial charge in [-0.1, -0.05) is 12.1 Å². The van der Waals surface area contributed by atoms with Gasteiger partial charge in [0.2, 0.25) is 5.95 Å². The van der Waals surface area contributed by atoms with Gasteiger partial charge in [0.05, 0.1) is 12.3 Å². The third-order valence-electron chi connectivity index (χ3n) is 2.75. The maximum absolute atomic E-state index is 11.9. The summed E-state index contributed by atoms with van der Waals surface area (Å²) in [7, 11) is 0. The van der Waals surface area contributed by atoms with Gasteiger partial charge >= 0.3 is 0 Å². The Morgan fingerprint density at radius 3 is 2.81 bits per heavy atom. The van der Waals surface area contributed by atoms with Crippen molar-refractivity contribution in [1.82, 2.24) is 15.3 Å². The second kappa shape index (κ2) is 6.69. The number of carbonyl (C=O) groups is 1. The number of anilines is 1. The van der Waals surface area contributed by atoms with Crippen LogP contribution in [0.15, 0.2) is 30.3 Å². The van der Waals surface area contributed by atoms with Crippen molar-refractivity contribution in [3.05, 3.63) is 36.0 Å². The second-order valence-corrected chi connectivity index (χ2v) is 4.32. The van der Waals surface area contributed by atoms with Crippen LogP contribution >= 0.6 is 0 Å². The van der Waals surface area contributed by atoms with Crippen LogP contribution in [0.1, 0.15) is 24.3 Å². The Morgan fingerprint density at radius 2 is 2.10 bits per heavy atom. The van der Waals surface area contributed by atoms with Gasteiger partial charge in [-0.15, -0.1) is 0 Å². The van der Waals surface area contributed by atoms with Crippen molar-refractivity contribution in [2.45, 2.75) is 13.8 Å². The van der Waals surface area contributed by atoms with E-state index in [0.29, 0.717) is 18.8 Å². The first-order valence-electron chi connectivity index (χ1n) is 6.80. The Balaban J connectivity index is 2.39. The molecule has 2 aromatic rings. The third kappa shape index (κ3) is 3.68. The molecule has 0 saturated carbocycles. The molecule has 0 aliphatic rings. The van der Waals surface area contributed by atoms with Gasteiger partial charge in [0.1, 0.15) is 11.4 Å². The number of benzene rings is 1. The first-order valence-corrected chi connectivity index (χ1v) is 6.80. The van der Waals surface area contributed by atoms with E-state index in [2.05, 4.69) is 15.3 Å². The van der Waals surface area contributed by atoms with Gasteiger partial charge in [0.15, 0.2) is 0 Å². The molecule has 0 bridgehead atoms. The van der Waals surface area contributed by atoms with Crippen LogP contribution in [0.4, 0.5) is 5.95 Å². The Bertz CT molecular complexity index is 643. The summed E-state index contributed by atoms with van der Waals surface area (Å²) in [5.41, 5.74) is 7.35. The van der Waals surface area contributed by atoms with Crippen LogP contribution in [0.2, 0.25) is 0 Å². The minimum atomic E-state index is -0.270. The third-order valence-corrected chi connectivity index (χ3v) is 2.75. The summed E-state index contributed by atoms with van der Waals surface area (Å²) in [5.74, 6) is 0.538. The summed E-state index contributed by atoms with van der Waals surface area (Å²) in [6, 6.07) is 9.08. The lowest BCUT2D eigenvalue weighted by Crippen LogP contribution is -2.24. The summed E-state index contributed by atoms with van der Waals surface area (Å²) in [6.07, 6.45) is 0. The standard InChI is InChI=1S/C15H18N4O2/c1-3-17-14(20)13-9-12(18-15(16)19-13)10-6-5-7-11(8-10)21-4-2/h5-9H,3-4H2,1-2H3,(H,17,20)(H2,16,18,19). The Morgan fingerprint density at radius 1 is 1.29 bits per heavy atom. The molecule has 2 rings (SSSR count). The molecular formula is C15H18N4O2. The predicted octanol–water partition coefficient (Wildman–Crippen LogP) is 1.87. The van der Waals surface area contributed by atoms with E-state index in [0.717, 1.165) is 11.3 Å². The molecule has 0 radical (unpaired) electrons. The average Bonchev–Trinajstić information content (AvgIpc) is 2.47. The molecular weight excluding hydrogens is 268 g/mol. The van der Waals surface area contributed by atoms with Gasteiger partial charge in [-0.25, -0.2) is 9.97 Å². The molecule has 1 aromatic heterocycles. The molecule has 0 atom stereocenters.